The Labute approximate surface area is 395 Å². The van der Waals surface area contributed by atoms with Gasteiger partial charge in [-0.15, -0.1) is 0 Å². The Morgan fingerprint density at radius 3 is 1.24 bits per heavy atom. The number of H-pyrrole nitrogens is 3. The molecule has 0 unspecified atom stereocenters. The standard InChI is InChI=1S/C30H25N3O5.C12H9Cl2NO3.C9H9NO.H2/c1-36-18-6-4-17(5-7-18)16-33-29(34)27(23-14-31-25-10-8-19(37-2)12-21(23)25)28(30(33)35)24-15-32-26-11-9-20(38-3)13-22(24)26;1-18-8-4-2-7(3-5-8)6-15-11(16)9(13)10(14)12(15)17;1-11-8-2-3-9-7(6-8)4-5-10-9;/h4-15,31-32H,16H2,1-3H3;2-5H,6H2,1H3;2-6,10H,1H3;1H/i;;;1+1. The minimum atomic E-state index is -0.567. The van der Waals surface area contributed by atoms with Crippen molar-refractivity contribution in [3.8, 4) is 28.7 Å². The van der Waals surface area contributed by atoms with Crippen LogP contribution in [0.25, 0.3) is 43.9 Å². The summed E-state index contributed by atoms with van der Waals surface area (Å²) in [5.74, 6) is 1.76. The molecular formula is C51H45Cl2N5O9. The second-order valence-electron chi connectivity index (χ2n) is 15.1. The third-order valence-electron chi connectivity index (χ3n) is 11.3. The van der Waals surface area contributed by atoms with E-state index in [1.54, 1.807) is 72.2 Å². The van der Waals surface area contributed by atoms with Crippen LogP contribution in [0, 0.1) is 0 Å². The first-order chi connectivity index (χ1) is 32.5. The van der Waals surface area contributed by atoms with E-state index >= 15 is 0 Å². The summed E-state index contributed by atoms with van der Waals surface area (Å²) in [6.07, 6.45) is 5.47. The molecule has 5 aromatic carbocycles. The summed E-state index contributed by atoms with van der Waals surface area (Å²) in [5.41, 5.74) is 6.37. The third-order valence-corrected chi connectivity index (χ3v) is 12.1. The number of carbonyl (C=O) groups excluding carboxylic acids is 4. The number of hydrogen-bond acceptors (Lipinski definition) is 9. The Hall–Kier alpha value is -7.94. The predicted molar refractivity (Wildman–Crippen MR) is 259 cm³/mol. The maximum absolute atomic E-state index is 14.0. The van der Waals surface area contributed by atoms with Crippen molar-refractivity contribution in [3.63, 3.8) is 0 Å². The minimum absolute atomic E-state index is 0. The molecule has 14 nitrogen and oxygen atoms in total. The van der Waals surface area contributed by atoms with Crippen LogP contribution >= 0.6 is 23.2 Å². The van der Waals surface area contributed by atoms with Crippen molar-refractivity contribution in [3.05, 3.63) is 160 Å². The summed E-state index contributed by atoms with van der Waals surface area (Å²) < 4.78 is 26.2. The van der Waals surface area contributed by atoms with Gasteiger partial charge < -0.3 is 38.6 Å². The number of fused-ring (bicyclic) bond motifs is 3. The second kappa shape index (κ2) is 19.7. The van der Waals surface area contributed by atoms with Crippen molar-refractivity contribution in [2.75, 3.05) is 35.5 Å². The molecule has 0 saturated heterocycles. The number of imide groups is 2. The molecule has 8 aromatic rings. The van der Waals surface area contributed by atoms with Gasteiger partial charge in [-0.25, -0.2) is 0 Å². The van der Waals surface area contributed by atoms with Crippen LogP contribution in [0.5, 0.6) is 28.7 Å². The highest BCUT2D eigenvalue weighted by Gasteiger charge is 2.41. The zero-order valence-electron chi connectivity index (χ0n) is 36.9. The molecule has 0 radical (unpaired) electrons. The fourth-order valence-electron chi connectivity index (χ4n) is 7.73. The number of nitrogens with one attached hydrogen (secondary N) is 3. The zero-order valence-corrected chi connectivity index (χ0v) is 38.4. The molecule has 3 aromatic heterocycles. The van der Waals surface area contributed by atoms with Crippen LogP contribution in [0.3, 0.4) is 0 Å². The summed E-state index contributed by atoms with van der Waals surface area (Å²) in [7, 11) is 8.02. The van der Waals surface area contributed by atoms with Crippen molar-refractivity contribution in [1.82, 2.24) is 24.8 Å². The van der Waals surface area contributed by atoms with Gasteiger partial charge in [0.1, 0.15) is 38.8 Å². The van der Waals surface area contributed by atoms with Gasteiger partial charge in [-0.05, 0) is 96.1 Å². The summed E-state index contributed by atoms with van der Waals surface area (Å²) in [4.78, 5) is 63.3. The Kier molecular flexibility index (Phi) is 13.4. The van der Waals surface area contributed by atoms with Crippen molar-refractivity contribution in [2.45, 2.75) is 13.1 Å². The van der Waals surface area contributed by atoms with E-state index in [1.807, 2.05) is 91.1 Å². The van der Waals surface area contributed by atoms with Gasteiger partial charge in [0.15, 0.2) is 0 Å². The van der Waals surface area contributed by atoms with Gasteiger partial charge in [-0.3, -0.25) is 29.0 Å². The number of benzene rings is 5. The number of methoxy groups -OCH3 is 5. The lowest BCUT2D eigenvalue weighted by Crippen LogP contribution is -2.30. The highest BCUT2D eigenvalue weighted by Crippen LogP contribution is 2.42. The summed E-state index contributed by atoms with van der Waals surface area (Å²) in [6.45, 7) is 0.264. The first kappa shape index (κ1) is 45.6. The number of amides is 4. The average molecular weight is 944 g/mol. The molecule has 10 rings (SSSR count). The third kappa shape index (κ3) is 9.17. The highest BCUT2D eigenvalue weighted by molar-refractivity contribution is 6.58. The first-order valence-electron chi connectivity index (χ1n) is 20.7. The lowest BCUT2D eigenvalue weighted by Gasteiger charge is -2.15. The summed E-state index contributed by atoms with van der Waals surface area (Å²) >= 11 is 11.3. The molecule has 3 N–H and O–H groups in total. The minimum Gasteiger partial charge on any atom is -0.497 e. The van der Waals surface area contributed by atoms with Crippen LogP contribution in [0.1, 0.15) is 23.7 Å². The maximum atomic E-state index is 14.0. The van der Waals surface area contributed by atoms with Gasteiger partial charge >= 0.3 is 0 Å². The number of ether oxygens (including phenoxy) is 5. The van der Waals surface area contributed by atoms with Crippen molar-refractivity contribution < 1.29 is 44.3 Å². The number of nitrogens with zero attached hydrogens (tertiary/aromatic N) is 2. The van der Waals surface area contributed by atoms with E-state index in [2.05, 4.69) is 15.0 Å². The van der Waals surface area contributed by atoms with E-state index in [1.165, 1.54) is 10.3 Å². The molecule has 0 spiro atoms. The number of carbonyl (C=O) groups is 4. The van der Waals surface area contributed by atoms with E-state index < -0.39 is 11.8 Å². The number of aromatic amines is 3. The maximum Gasteiger partial charge on any atom is 0.274 e. The van der Waals surface area contributed by atoms with E-state index in [4.69, 9.17) is 46.9 Å². The predicted octanol–water partition coefficient (Wildman–Crippen LogP) is 9.83. The number of hydrogen-bond donors (Lipinski definition) is 3. The molecule has 16 heteroatoms. The number of halogens is 2. The molecular weight excluding hydrogens is 897 g/mol. The molecule has 342 valence electrons. The Balaban J connectivity index is 0.000000187. The molecule has 0 aliphatic carbocycles. The topological polar surface area (TPSA) is 168 Å². The fourth-order valence-corrected chi connectivity index (χ4v) is 8.10. The van der Waals surface area contributed by atoms with Gasteiger partial charge in [-0.1, -0.05) is 47.5 Å². The summed E-state index contributed by atoms with van der Waals surface area (Å²) in [6, 6.07) is 33.6. The lowest BCUT2D eigenvalue weighted by atomic mass is 9.95. The lowest BCUT2D eigenvalue weighted by molar-refractivity contribution is -0.138. The largest absolute Gasteiger partial charge is 0.497 e. The normalized spacial score (nSPS) is 13.7. The summed E-state index contributed by atoms with van der Waals surface area (Å²) in [5, 5.41) is 2.32. The zero-order chi connectivity index (χ0) is 47.4. The molecule has 0 atom stereocenters. The smallest absolute Gasteiger partial charge is 0.274 e. The molecule has 0 bridgehead atoms. The van der Waals surface area contributed by atoms with Crippen molar-refractivity contribution in [1.29, 1.82) is 0 Å². The van der Waals surface area contributed by atoms with E-state index in [0.717, 1.165) is 49.1 Å². The highest BCUT2D eigenvalue weighted by atomic mass is 35.5. The Bertz CT molecular complexity index is 3120. The first-order valence-corrected chi connectivity index (χ1v) is 21.4. The van der Waals surface area contributed by atoms with E-state index in [-0.39, 0.29) is 36.4 Å². The molecule has 5 heterocycles. The van der Waals surface area contributed by atoms with Crippen molar-refractivity contribution in [2.24, 2.45) is 0 Å². The second-order valence-corrected chi connectivity index (χ2v) is 15.9. The number of rotatable bonds is 11. The van der Waals surface area contributed by atoms with Gasteiger partial charge in [0.2, 0.25) is 0 Å². The quantitative estimate of drug-likeness (QED) is 0.107. The van der Waals surface area contributed by atoms with Gasteiger partial charge in [-0.2, -0.15) is 0 Å². The van der Waals surface area contributed by atoms with Gasteiger partial charge in [0, 0.05) is 63.9 Å². The molecule has 4 amide bonds. The van der Waals surface area contributed by atoms with Crippen LogP contribution < -0.4 is 23.7 Å². The SMILES string of the molecule is COc1ccc(CN2C(=O)C(Cl)=C(Cl)C2=O)cc1.COc1ccc(CN2C(=O)C(c3c[nH]c4ccc(OC)cc34)=C(c3c[nH]c4ccc(OC)cc34)C2=O)cc1.COc1ccc2[nH]ccc2c1.[2HH]. The average Bonchev–Trinajstić information content (AvgIpc) is 4.19. The fraction of sp³-hybridized carbons (Fsp3) is 0.137. The van der Waals surface area contributed by atoms with Crippen LogP contribution in [-0.4, -0.2) is 83.9 Å². The van der Waals surface area contributed by atoms with Gasteiger partial charge in [0.05, 0.1) is 59.8 Å². The van der Waals surface area contributed by atoms with Crippen LogP contribution in [-0.2, 0) is 32.3 Å². The van der Waals surface area contributed by atoms with E-state index in [9.17, 15) is 19.2 Å². The Morgan fingerprint density at radius 1 is 0.448 bits per heavy atom. The number of aromatic nitrogens is 3. The molecule has 2 aliphatic rings. The van der Waals surface area contributed by atoms with Crippen molar-refractivity contribution >= 4 is 90.7 Å². The van der Waals surface area contributed by atoms with Crippen LogP contribution in [0.4, 0.5) is 0 Å². The molecule has 2 aliphatic heterocycles. The van der Waals surface area contributed by atoms with Crippen LogP contribution in [0.15, 0.2) is 138 Å². The molecule has 0 fully saturated rings. The molecule has 67 heavy (non-hydrogen) atoms. The van der Waals surface area contributed by atoms with E-state index in [0.29, 0.717) is 45.3 Å². The van der Waals surface area contributed by atoms with Gasteiger partial charge in [0.25, 0.3) is 23.6 Å². The Morgan fingerprint density at radius 2 is 0.821 bits per heavy atom. The monoisotopic (exact) mass is 942 g/mol. The van der Waals surface area contributed by atoms with Crippen LogP contribution in [0.2, 0.25) is 0 Å². The molecule has 0 saturated carbocycles.